The molecular formula is C15H17N3O3. The molecule has 4 heterocycles. The standard InChI is InChI=1S/C15H17N3O3/c1-17-5-4-9-2-3-12(16-13(9)17)14(19)18-6-10-8-21-15(20)11(10)7-18/h2-3,10-11H,4-8H2,1H3/t10-,11-/m1/s1. The Hall–Kier alpha value is -2.11. The number of aromatic nitrogens is 1. The fraction of sp³-hybridized carbons (Fsp3) is 0.533. The Bertz CT molecular complexity index is 631. The van der Waals surface area contributed by atoms with Crippen LogP contribution >= 0.6 is 0 Å². The van der Waals surface area contributed by atoms with E-state index in [0.29, 0.717) is 25.4 Å². The number of hydrogen-bond acceptors (Lipinski definition) is 5. The number of likely N-dealkylation sites (tertiary alicyclic amines) is 1. The maximum absolute atomic E-state index is 12.6. The third-order valence-electron chi connectivity index (χ3n) is 4.72. The molecule has 2 atom stereocenters. The van der Waals surface area contributed by atoms with Gasteiger partial charge in [-0.05, 0) is 18.1 Å². The molecule has 2 saturated heterocycles. The van der Waals surface area contributed by atoms with Gasteiger partial charge in [-0.3, -0.25) is 9.59 Å². The molecule has 0 bridgehead atoms. The second-order valence-corrected chi connectivity index (χ2v) is 6.06. The van der Waals surface area contributed by atoms with E-state index >= 15 is 0 Å². The van der Waals surface area contributed by atoms with Crippen molar-refractivity contribution in [2.24, 2.45) is 11.8 Å². The Morgan fingerprint density at radius 1 is 1.38 bits per heavy atom. The van der Waals surface area contributed by atoms with E-state index in [1.165, 1.54) is 5.56 Å². The SMILES string of the molecule is CN1CCc2ccc(C(=O)N3C[C@@H]4COC(=O)[C@@H]4C3)nc21. The van der Waals surface area contributed by atoms with Crippen molar-refractivity contribution in [1.29, 1.82) is 0 Å². The quantitative estimate of drug-likeness (QED) is 0.696. The highest BCUT2D eigenvalue weighted by molar-refractivity contribution is 5.94. The molecule has 0 radical (unpaired) electrons. The number of amides is 1. The lowest BCUT2D eigenvalue weighted by Gasteiger charge is -2.18. The van der Waals surface area contributed by atoms with E-state index in [0.717, 1.165) is 18.8 Å². The topological polar surface area (TPSA) is 62.7 Å². The van der Waals surface area contributed by atoms with Gasteiger partial charge in [0.15, 0.2) is 0 Å². The van der Waals surface area contributed by atoms with Crippen molar-refractivity contribution in [2.45, 2.75) is 6.42 Å². The van der Waals surface area contributed by atoms with E-state index in [2.05, 4.69) is 9.88 Å². The second-order valence-electron chi connectivity index (χ2n) is 6.06. The molecule has 21 heavy (non-hydrogen) atoms. The normalized spacial score (nSPS) is 26.8. The van der Waals surface area contributed by atoms with Crippen LogP contribution in [0.5, 0.6) is 0 Å². The molecular weight excluding hydrogens is 270 g/mol. The van der Waals surface area contributed by atoms with Gasteiger partial charge in [0.2, 0.25) is 0 Å². The van der Waals surface area contributed by atoms with Gasteiger partial charge >= 0.3 is 5.97 Å². The first-order chi connectivity index (χ1) is 10.1. The summed E-state index contributed by atoms with van der Waals surface area (Å²) in [5.74, 6) is 0.654. The van der Waals surface area contributed by atoms with Gasteiger partial charge in [0.1, 0.15) is 11.5 Å². The number of anilines is 1. The van der Waals surface area contributed by atoms with Crippen LogP contribution in [0.2, 0.25) is 0 Å². The largest absolute Gasteiger partial charge is 0.465 e. The Kier molecular flexibility index (Phi) is 2.67. The van der Waals surface area contributed by atoms with Gasteiger partial charge in [0.25, 0.3) is 5.91 Å². The van der Waals surface area contributed by atoms with E-state index in [1.54, 1.807) is 11.0 Å². The number of likely N-dealkylation sites (N-methyl/N-ethyl adjacent to an activating group) is 1. The van der Waals surface area contributed by atoms with Gasteiger partial charge < -0.3 is 14.5 Å². The van der Waals surface area contributed by atoms with Crippen LogP contribution in [0.25, 0.3) is 0 Å². The van der Waals surface area contributed by atoms with Crippen molar-refractivity contribution in [2.75, 3.05) is 38.2 Å². The van der Waals surface area contributed by atoms with Gasteiger partial charge in [-0.1, -0.05) is 6.07 Å². The lowest BCUT2D eigenvalue weighted by atomic mass is 10.0. The summed E-state index contributed by atoms with van der Waals surface area (Å²) in [5, 5.41) is 0. The molecule has 1 aromatic heterocycles. The zero-order chi connectivity index (χ0) is 14.6. The molecule has 0 unspecified atom stereocenters. The summed E-state index contributed by atoms with van der Waals surface area (Å²) in [6.07, 6.45) is 0.979. The molecule has 6 nitrogen and oxygen atoms in total. The van der Waals surface area contributed by atoms with E-state index < -0.39 is 0 Å². The minimum absolute atomic E-state index is 0.0831. The zero-order valence-corrected chi connectivity index (χ0v) is 11.9. The molecule has 0 saturated carbocycles. The molecule has 0 N–H and O–H groups in total. The first kappa shape index (κ1) is 12.6. The number of fused-ring (bicyclic) bond motifs is 2. The summed E-state index contributed by atoms with van der Waals surface area (Å²) in [6, 6.07) is 3.79. The summed E-state index contributed by atoms with van der Waals surface area (Å²) in [6.45, 7) is 2.42. The maximum atomic E-state index is 12.6. The van der Waals surface area contributed by atoms with Crippen LogP contribution in [-0.4, -0.2) is 55.0 Å². The van der Waals surface area contributed by atoms with Gasteiger partial charge in [-0.25, -0.2) is 4.98 Å². The average Bonchev–Trinajstić information content (AvgIpc) is 3.16. The van der Waals surface area contributed by atoms with Crippen LogP contribution in [-0.2, 0) is 16.0 Å². The predicted molar refractivity (Wildman–Crippen MR) is 75.1 cm³/mol. The molecule has 0 aromatic carbocycles. The van der Waals surface area contributed by atoms with Crippen molar-refractivity contribution in [1.82, 2.24) is 9.88 Å². The molecule has 3 aliphatic heterocycles. The summed E-state index contributed by atoms with van der Waals surface area (Å²) >= 11 is 0. The van der Waals surface area contributed by atoms with Crippen LogP contribution in [0.1, 0.15) is 16.1 Å². The first-order valence-corrected chi connectivity index (χ1v) is 7.30. The first-order valence-electron chi connectivity index (χ1n) is 7.30. The van der Waals surface area contributed by atoms with Crippen molar-refractivity contribution in [3.05, 3.63) is 23.4 Å². The van der Waals surface area contributed by atoms with Gasteiger partial charge in [-0.15, -0.1) is 0 Å². The maximum Gasteiger partial charge on any atom is 0.311 e. The molecule has 6 heteroatoms. The summed E-state index contributed by atoms with van der Waals surface area (Å²) < 4.78 is 5.03. The fourth-order valence-corrected chi connectivity index (χ4v) is 3.45. The number of carbonyl (C=O) groups excluding carboxylic acids is 2. The van der Waals surface area contributed by atoms with E-state index in [1.807, 2.05) is 13.1 Å². The van der Waals surface area contributed by atoms with E-state index in [-0.39, 0.29) is 23.7 Å². The minimum atomic E-state index is -0.169. The van der Waals surface area contributed by atoms with Crippen LogP contribution in [0.4, 0.5) is 5.82 Å². The smallest absolute Gasteiger partial charge is 0.311 e. The molecule has 3 aliphatic rings. The Morgan fingerprint density at radius 3 is 3.05 bits per heavy atom. The number of carbonyl (C=O) groups is 2. The molecule has 1 amide bonds. The minimum Gasteiger partial charge on any atom is -0.465 e. The molecule has 0 aliphatic carbocycles. The van der Waals surface area contributed by atoms with Crippen molar-refractivity contribution < 1.29 is 14.3 Å². The summed E-state index contributed by atoms with van der Waals surface area (Å²) in [4.78, 5) is 32.5. The van der Waals surface area contributed by atoms with Crippen LogP contribution in [0.3, 0.4) is 0 Å². The number of cyclic esters (lactones) is 1. The van der Waals surface area contributed by atoms with Gasteiger partial charge in [-0.2, -0.15) is 0 Å². The monoisotopic (exact) mass is 287 g/mol. The van der Waals surface area contributed by atoms with E-state index in [4.69, 9.17) is 4.74 Å². The number of ether oxygens (including phenoxy) is 1. The number of rotatable bonds is 1. The highest BCUT2D eigenvalue weighted by Crippen LogP contribution is 2.31. The molecule has 2 fully saturated rings. The van der Waals surface area contributed by atoms with Gasteiger partial charge in [0.05, 0.1) is 12.5 Å². The third kappa shape index (κ3) is 1.89. The third-order valence-corrected chi connectivity index (χ3v) is 4.72. The number of esters is 1. The fourth-order valence-electron chi connectivity index (χ4n) is 3.45. The van der Waals surface area contributed by atoms with E-state index in [9.17, 15) is 9.59 Å². The predicted octanol–water partition coefficient (Wildman–Crippen LogP) is 0.319. The molecule has 1 aromatic rings. The number of nitrogens with zero attached hydrogens (tertiary/aromatic N) is 3. The number of hydrogen-bond donors (Lipinski definition) is 0. The van der Waals surface area contributed by atoms with Crippen LogP contribution in [0.15, 0.2) is 12.1 Å². The van der Waals surface area contributed by atoms with Crippen LogP contribution < -0.4 is 4.90 Å². The van der Waals surface area contributed by atoms with Crippen molar-refractivity contribution in [3.8, 4) is 0 Å². The second kappa shape index (κ2) is 4.44. The Labute approximate surface area is 122 Å². The highest BCUT2D eigenvalue weighted by Gasteiger charge is 2.45. The summed E-state index contributed by atoms with van der Waals surface area (Å²) in [5.41, 5.74) is 1.66. The number of pyridine rings is 1. The Balaban J connectivity index is 1.56. The van der Waals surface area contributed by atoms with Gasteiger partial charge in [0, 0.05) is 32.6 Å². The lowest BCUT2D eigenvalue weighted by Crippen LogP contribution is -2.31. The lowest BCUT2D eigenvalue weighted by molar-refractivity contribution is -0.141. The molecule has 4 rings (SSSR count). The Morgan fingerprint density at radius 2 is 2.24 bits per heavy atom. The zero-order valence-electron chi connectivity index (χ0n) is 11.9. The van der Waals surface area contributed by atoms with Crippen molar-refractivity contribution in [3.63, 3.8) is 0 Å². The molecule has 0 spiro atoms. The highest BCUT2D eigenvalue weighted by atomic mass is 16.5. The summed E-state index contributed by atoms with van der Waals surface area (Å²) in [7, 11) is 1.99. The average molecular weight is 287 g/mol. The molecule has 110 valence electrons. The van der Waals surface area contributed by atoms with Crippen molar-refractivity contribution >= 4 is 17.7 Å². The van der Waals surface area contributed by atoms with Crippen LogP contribution in [0, 0.1) is 11.8 Å².